The van der Waals surface area contributed by atoms with E-state index in [9.17, 15) is 0 Å². The third-order valence-corrected chi connectivity index (χ3v) is 5.96. The lowest BCUT2D eigenvalue weighted by Crippen LogP contribution is -1.96. The lowest BCUT2D eigenvalue weighted by Gasteiger charge is -2.19. The van der Waals surface area contributed by atoms with Gasteiger partial charge in [0.1, 0.15) is 0 Å². The van der Waals surface area contributed by atoms with Crippen LogP contribution in [0.2, 0.25) is 0 Å². The van der Waals surface area contributed by atoms with E-state index in [4.69, 9.17) is 0 Å². The molecule has 3 rings (SSSR count). The Morgan fingerprint density at radius 3 is 2.12 bits per heavy atom. The number of hydrogen-bond acceptors (Lipinski definition) is 0. The zero-order valence-electron chi connectivity index (χ0n) is 17.0. The van der Waals surface area contributed by atoms with Crippen LogP contribution in [0.25, 0.3) is 27.1 Å². The summed E-state index contributed by atoms with van der Waals surface area (Å²) in [5, 5.41) is 5.44. The van der Waals surface area contributed by atoms with E-state index in [1.54, 1.807) is 0 Å². The molecule has 0 fully saturated rings. The first-order valence-electron chi connectivity index (χ1n) is 9.77. The molecule has 0 unspecified atom stereocenters. The van der Waals surface area contributed by atoms with E-state index in [-0.39, 0.29) is 0 Å². The lowest BCUT2D eigenvalue weighted by molar-refractivity contribution is 1.05. The minimum absolute atomic E-state index is 1.04. The standard InChI is InChI=1S/C26H30/c1-7-17(3)19(5)20(6)22(8-2)26-23-14-10-9-13-21(23)16-25-18(4)12-11-15-24(25)26/h9-16H,7-8H2,1-6H3/b19-17-,22-20+. The largest absolute Gasteiger partial charge is 0.0704 e. The van der Waals surface area contributed by atoms with Crippen molar-refractivity contribution in [2.45, 2.75) is 54.4 Å². The molecular weight excluding hydrogens is 312 g/mol. The fourth-order valence-electron chi connectivity index (χ4n) is 4.01. The van der Waals surface area contributed by atoms with Crippen LogP contribution in [0.4, 0.5) is 0 Å². The highest BCUT2D eigenvalue weighted by molar-refractivity contribution is 6.10. The van der Waals surface area contributed by atoms with Crippen molar-refractivity contribution in [2.75, 3.05) is 0 Å². The first-order chi connectivity index (χ1) is 12.5. The Balaban J connectivity index is 2.50. The molecule has 0 aromatic heterocycles. The molecule has 0 atom stereocenters. The summed E-state index contributed by atoms with van der Waals surface area (Å²) in [6.45, 7) is 13.6. The predicted octanol–water partition coefficient (Wildman–Crippen LogP) is 8.23. The lowest BCUT2D eigenvalue weighted by atomic mass is 9.85. The van der Waals surface area contributed by atoms with Crippen molar-refractivity contribution in [3.05, 3.63) is 76.4 Å². The summed E-state index contributed by atoms with van der Waals surface area (Å²) < 4.78 is 0. The molecule has 0 saturated carbocycles. The monoisotopic (exact) mass is 342 g/mol. The summed E-state index contributed by atoms with van der Waals surface area (Å²) in [6.07, 6.45) is 2.15. The maximum atomic E-state index is 2.35. The SMILES string of the molecule is CC/C(C)=C(C)\C(C)=C(/CC)c1c2ccccc2cc2c(C)cccc12. The van der Waals surface area contributed by atoms with Gasteiger partial charge in [-0.1, -0.05) is 61.9 Å². The number of rotatable bonds is 4. The third kappa shape index (κ3) is 3.09. The highest BCUT2D eigenvalue weighted by Crippen LogP contribution is 2.38. The van der Waals surface area contributed by atoms with Gasteiger partial charge in [-0.25, -0.2) is 0 Å². The maximum absolute atomic E-state index is 2.35. The number of benzene rings is 3. The topological polar surface area (TPSA) is 0 Å². The van der Waals surface area contributed by atoms with Crippen molar-refractivity contribution in [1.82, 2.24) is 0 Å². The van der Waals surface area contributed by atoms with E-state index in [0.29, 0.717) is 0 Å². The predicted molar refractivity (Wildman–Crippen MR) is 118 cm³/mol. The van der Waals surface area contributed by atoms with Gasteiger partial charge < -0.3 is 0 Å². The van der Waals surface area contributed by atoms with E-state index in [1.165, 1.54) is 55.0 Å². The minimum atomic E-state index is 1.04. The van der Waals surface area contributed by atoms with Crippen LogP contribution in [0.1, 0.15) is 58.6 Å². The van der Waals surface area contributed by atoms with Gasteiger partial charge in [0.2, 0.25) is 0 Å². The van der Waals surface area contributed by atoms with E-state index < -0.39 is 0 Å². The molecule has 0 amide bonds. The molecule has 0 N–H and O–H groups in total. The zero-order chi connectivity index (χ0) is 18.8. The van der Waals surface area contributed by atoms with Gasteiger partial charge in [0.05, 0.1) is 0 Å². The normalized spacial score (nSPS) is 13.8. The molecule has 0 bridgehead atoms. The molecular formula is C26H30. The molecule has 0 radical (unpaired) electrons. The summed E-state index contributed by atoms with van der Waals surface area (Å²) in [4.78, 5) is 0. The third-order valence-electron chi connectivity index (χ3n) is 5.96. The maximum Gasteiger partial charge on any atom is -0.00646 e. The molecule has 0 saturated heterocycles. The Bertz CT molecular complexity index is 1030. The summed E-state index contributed by atoms with van der Waals surface area (Å²) in [5.74, 6) is 0. The van der Waals surface area contributed by atoms with Crippen LogP contribution in [0.3, 0.4) is 0 Å². The van der Waals surface area contributed by atoms with Crippen molar-refractivity contribution in [2.24, 2.45) is 0 Å². The summed E-state index contributed by atoms with van der Waals surface area (Å²) >= 11 is 0. The molecule has 0 spiro atoms. The molecule has 0 nitrogen and oxygen atoms in total. The minimum Gasteiger partial charge on any atom is -0.0704 e. The second-order valence-corrected chi connectivity index (χ2v) is 7.36. The first-order valence-corrected chi connectivity index (χ1v) is 9.77. The average molecular weight is 343 g/mol. The molecule has 0 aliphatic heterocycles. The fourth-order valence-corrected chi connectivity index (χ4v) is 4.01. The van der Waals surface area contributed by atoms with E-state index in [1.807, 2.05) is 0 Å². The first kappa shape index (κ1) is 18.5. The summed E-state index contributed by atoms with van der Waals surface area (Å²) in [6, 6.07) is 17.9. The van der Waals surface area contributed by atoms with Crippen molar-refractivity contribution in [3.8, 4) is 0 Å². The van der Waals surface area contributed by atoms with Crippen LogP contribution in [0.5, 0.6) is 0 Å². The van der Waals surface area contributed by atoms with Crippen molar-refractivity contribution < 1.29 is 0 Å². The van der Waals surface area contributed by atoms with Gasteiger partial charge in [-0.15, -0.1) is 0 Å². The molecule has 0 heteroatoms. The van der Waals surface area contributed by atoms with Crippen molar-refractivity contribution >= 4 is 27.1 Å². The number of allylic oxidation sites excluding steroid dienone is 4. The van der Waals surface area contributed by atoms with Gasteiger partial charge in [0.25, 0.3) is 0 Å². The van der Waals surface area contributed by atoms with Crippen molar-refractivity contribution in [3.63, 3.8) is 0 Å². The van der Waals surface area contributed by atoms with E-state index in [2.05, 4.69) is 90.1 Å². The second-order valence-electron chi connectivity index (χ2n) is 7.36. The van der Waals surface area contributed by atoms with Crippen LogP contribution in [-0.4, -0.2) is 0 Å². The zero-order valence-corrected chi connectivity index (χ0v) is 17.0. The summed E-state index contributed by atoms with van der Waals surface area (Å²) in [5.41, 5.74) is 8.60. The molecule has 0 aliphatic rings. The van der Waals surface area contributed by atoms with Gasteiger partial charge >= 0.3 is 0 Å². The molecule has 3 aromatic rings. The second kappa shape index (κ2) is 7.50. The summed E-state index contributed by atoms with van der Waals surface area (Å²) in [7, 11) is 0. The van der Waals surface area contributed by atoms with Crippen LogP contribution >= 0.6 is 0 Å². The average Bonchev–Trinajstić information content (AvgIpc) is 2.67. The Labute approximate surface area is 158 Å². The van der Waals surface area contributed by atoms with Gasteiger partial charge in [0.15, 0.2) is 0 Å². The van der Waals surface area contributed by atoms with Gasteiger partial charge in [-0.3, -0.25) is 0 Å². The Morgan fingerprint density at radius 1 is 0.731 bits per heavy atom. The Kier molecular flexibility index (Phi) is 5.32. The van der Waals surface area contributed by atoms with Crippen LogP contribution < -0.4 is 0 Å². The highest BCUT2D eigenvalue weighted by atomic mass is 14.2. The molecule has 26 heavy (non-hydrogen) atoms. The van der Waals surface area contributed by atoms with Gasteiger partial charge in [0, 0.05) is 0 Å². The van der Waals surface area contributed by atoms with Crippen LogP contribution in [0.15, 0.2) is 65.3 Å². The number of hydrogen-bond donors (Lipinski definition) is 0. The Hall–Kier alpha value is -2.34. The molecule has 3 aromatic carbocycles. The fraction of sp³-hybridized carbons (Fsp3) is 0.308. The molecule has 0 aliphatic carbocycles. The highest BCUT2D eigenvalue weighted by Gasteiger charge is 2.15. The number of aryl methyl sites for hydroxylation is 1. The molecule has 0 heterocycles. The Morgan fingerprint density at radius 2 is 1.42 bits per heavy atom. The quantitative estimate of drug-likeness (QED) is 0.331. The molecule has 134 valence electrons. The smallest absolute Gasteiger partial charge is 0.00646 e. The van der Waals surface area contributed by atoms with Gasteiger partial charge in [-0.2, -0.15) is 0 Å². The van der Waals surface area contributed by atoms with Crippen LogP contribution in [0, 0.1) is 6.92 Å². The van der Waals surface area contributed by atoms with Crippen molar-refractivity contribution in [1.29, 1.82) is 0 Å². The van der Waals surface area contributed by atoms with E-state index >= 15 is 0 Å². The number of fused-ring (bicyclic) bond motifs is 2. The van der Waals surface area contributed by atoms with Gasteiger partial charge in [-0.05, 0) is 96.0 Å². The van der Waals surface area contributed by atoms with Crippen LogP contribution in [-0.2, 0) is 0 Å². The van der Waals surface area contributed by atoms with E-state index in [0.717, 1.165) is 12.8 Å².